The van der Waals surface area contributed by atoms with Crippen LogP contribution in [0.4, 0.5) is 30.7 Å². The number of halogens is 7. The monoisotopic (exact) mass is 440 g/mol. The fourth-order valence-corrected chi connectivity index (χ4v) is 2.67. The Bertz CT molecular complexity index is 627. The molecule has 1 heterocycles. The summed E-state index contributed by atoms with van der Waals surface area (Å²) < 4.78 is 118. The van der Waals surface area contributed by atoms with Crippen LogP contribution in [0.1, 0.15) is 34.6 Å². The van der Waals surface area contributed by atoms with E-state index < -0.39 is 59.8 Å². The maximum atomic E-state index is 15.0. The number of carbonyl (C=O) groups is 1. The van der Waals surface area contributed by atoms with Crippen molar-refractivity contribution in [3.05, 3.63) is 12.2 Å². The SMILES string of the molecule is C=C(C)C(=O)OC1C(F)(F)C(C(C)(C)C)OC(OCOCC)(C(F)(F)F)C1(F)F. The first-order valence-electron chi connectivity index (χ1n) is 8.44. The molecule has 0 aromatic rings. The molecular weight excluding hydrogens is 417 g/mol. The van der Waals surface area contributed by atoms with Crippen molar-refractivity contribution in [2.24, 2.45) is 5.41 Å². The van der Waals surface area contributed by atoms with Crippen LogP contribution in [0.15, 0.2) is 12.2 Å². The third-order valence-corrected chi connectivity index (χ3v) is 4.03. The average molecular weight is 440 g/mol. The van der Waals surface area contributed by atoms with E-state index in [0.29, 0.717) is 0 Å². The summed E-state index contributed by atoms with van der Waals surface area (Å²) in [5, 5.41) is 0. The molecule has 0 radical (unpaired) electrons. The third kappa shape index (κ3) is 4.53. The molecule has 0 N–H and O–H groups in total. The number of hydrogen-bond acceptors (Lipinski definition) is 5. The van der Waals surface area contributed by atoms with Crippen molar-refractivity contribution in [1.82, 2.24) is 0 Å². The fraction of sp³-hybridized carbons (Fsp3) is 0.824. The molecule has 0 amide bonds. The van der Waals surface area contributed by atoms with Crippen LogP contribution in [-0.2, 0) is 23.7 Å². The lowest BCUT2D eigenvalue weighted by atomic mass is 9.78. The van der Waals surface area contributed by atoms with Crippen LogP contribution < -0.4 is 0 Å². The minimum atomic E-state index is -6.00. The summed E-state index contributed by atoms with van der Waals surface area (Å²) in [6.07, 6.45) is -12.6. The number of carbonyl (C=O) groups excluding carboxylic acids is 1. The van der Waals surface area contributed by atoms with Crippen LogP contribution in [0.25, 0.3) is 0 Å². The summed E-state index contributed by atoms with van der Waals surface area (Å²) in [7, 11) is 0. The molecule has 0 spiro atoms. The van der Waals surface area contributed by atoms with Gasteiger partial charge in [0.25, 0.3) is 0 Å². The quantitative estimate of drug-likeness (QED) is 0.201. The van der Waals surface area contributed by atoms with Crippen molar-refractivity contribution in [3.8, 4) is 0 Å². The molecule has 0 aliphatic carbocycles. The highest BCUT2D eigenvalue weighted by Gasteiger charge is 2.85. The number of ether oxygens (including phenoxy) is 4. The molecule has 1 saturated heterocycles. The summed E-state index contributed by atoms with van der Waals surface area (Å²) in [6, 6.07) is 0. The average Bonchev–Trinajstić information content (AvgIpc) is 2.51. The molecule has 5 nitrogen and oxygen atoms in total. The zero-order valence-electron chi connectivity index (χ0n) is 16.5. The summed E-state index contributed by atoms with van der Waals surface area (Å²) in [4.78, 5) is 11.7. The largest absolute Gasteiger partial charge is 0.450 e. The lowest BCUT2D eigenvalue weighted by molar-refractivity contribution is -0.516. The molecule has 1 aliphatic rings. The molecule has 170 valence electrons. The van der Waals surface area contributed by atoms with E-state index in [1.54, 1.807) is 0 Å². The van der Waals surface area contributed by atoms with E-state index in [0.717, 1.165) is 27.7 Å². The highest BCUT2D eigenvalue weighted by molar-refractivity contribution is 5.87. The van der Waals surface area contributed by atoms with Crippen LogP contribution in [0, 0.1) is 5.41 Å². The Kier molecular flexibility index (Phi) is 7.10. The van der Waals surface area contributed by atoms with Gasteiger partial charge in [0.1, 0.15) is 6.10 Å². The zero-order valence-corrected chi connectivity index (χ0v) is 16.5. The van der Waals surface area contributed by atoms with Gasteiger partial charge in [0.15, 0.2) is 6.79 Å². The van der Waals surface area contributed by atoms with Gasteiger partial charge in [-0.25, -0.2) is 4.79 Å². The van der Waals surface area contributed by atoms with Crippen LogP contribution >= 0.6 is 0 Å². The molecule has 3 unspecified atom stereocenters. The van der Waals surface area contributed by atoms with Gasteiger partial charge in [0.2, 0.25) is 6.10 Å². The Morgan fingerprint density at radius 3 is 2.03 bits per heavy atom. The van der Waals surface area contributed by atoms with Gasteiger partial charge >= 0.3 is 29.8 Å². The Morgan fingerprint density at radius 2 is 1.66 bits per heavy atom. The Labute approximate surface area is 163 Å². The van der Waals surface area contributed by atoms with Gasteiger partial charge in [-0.15, -0.1) is 0 Å². The lowest BCUT2D eigenvalue weighted by Gasteiger charge is -2.54. The second-order valence-corrected chi connectivity index (χ2v) is 7.60. The Hall–Kier alpha value is -1.40. The molecule has 1 aliphatic heterocycles. The topological polar surface area (TPSA) is 54.0 Å². The van der Waals surface area contributed by atoms with Crippen molar-refractivity contribution in [1.29, 1.82) is 0 Å². The van der Waals surface area contributed by atoms with Gasteiger partial charge in [-0.05, 0) is 19.3 Å². The van der Waals surface area contributed by atoms with E-state index in [2.05, 4.69) is 25.5 Å². The zero-order chi connectivity index (χ0) is 23.1. The normalized spacial score (nSPS) is 29.4. The highest BCUT2D eigenvalue weighted by Crippen LogP contribution is 2.59. The first-order chi connectivity index (χ1) is 12.9. The molecule has 0 aromatic carbocycles. The van der Waals surface area contributed by atoms with Crippen molar-refractivity contribution >= 4 is 5.97 Å². The van der Waals surface area contributed by atoms with E-state index in [-0.39, 0.29) is 6.61 Å². The summed E-state index contributed by atoms with van der Waals surface area (Å²) >= 11 is 0. The van der Waals surface area contributed by atoms with E-state index in [9.17, 15) is 35.5 Å². The first kappa shape index (κ1) is 25.6. The van der Waals surface area contributed by atoms with E-state index in [1.807, 2.05) is 0 Å². The van der Waals surface area contributed by atoms with Crippen molar-refractivity contribution in [3.63, 3.8) is 0 Å². The van der Waals surface area contributed by atoms with E-state index in [1.165, 1.54) is 6.92 Å². The number of rotatable bonds is 6. The van der Waals surface area contributed by atoms with Gasteiger partial charge in [0.05, 0.1) is 0 Å². The minimum absolute atomic E-state index is 0.216. The lowest BCUT2D eigenvalue weighted by Crippen LogP contribution is -2.78. The molecule has 29 heavy (non-hydrogen) atoms. The molecule has 1 fully saturated rings. The minimum Gasteiger partial charge on any atom is -0.446 e. The fourth-order valence-electron chi connectivity index (χ4n) is 2.67. The predicted octanol–water partition coefficient (Wildman–Crippen LogP) is 4.46. The molecule has 0 saturated carbocycles. The smallest absolute Gasteiger partial charge is 0.446 e. The Morgan fingerprint density at radius 1 is 1.14 bits per heavy atom. The van der Waals surface area contributed by atoms with Crippen LogP contribution in [0.2, 0.25) is 0 Å². The number of esters is 1. The van der Waals surface area contributed by atoms with Gasteiger partial charge in [-0.1, -0.05) is 27.4 Å². The number of hydrogen-bond donors (Lipinski definition) is 0. The van der Waals surface area contributed by atoms with Gasteiger partial charge < -0.3 is 18.9 Å². The maximum Gasteiger partial charge on any atom is 0.450 e. The molecule has 12 heteroatoms. The van der Waals surface area contributed by atoms with Crippen LogP contribution in [-0.4, -0.2) is 55.4 Å². The van der Waals surface area contributed by atoms with Gasteiger partial charge in [-0.2, -0.15) is 30.7 Å². The van der Waals surface area contributed by atoms with Crippen molar-refractivity contribution < 1.29 is 54.5 Å². The molecule has 1 rings (SSSR count). The number of alkyl halides is 7. The second kappa shape index (κ2) is 8.03. The molecular formula is C17H23F7O5. The third-order valence-electron chi connectivity index (χ3n) is 4.03. The molecule has 0 aromatic heterocycles. The van der Waals surface area contributed by atoms with E-state index >= 15 is 0 Å². The summed E-state index contributed by atoms with van der Waals surface area (Å²) in [5.41, 5.74) is -2.36. The van der Waals surface area contributed by atoms with Crippen molar-refractivity contribution in [2.45, 2.75) is 70.6 Å². The van der Waals surface area contributed by atoms with Gasteiger partial charge in [-0.3, -0.25) is 0 Å². The Balaban J connectivity index is 3.71. The van der Waals surface area contributed by atoms with Crippen LogP contribution in [0.5, 0.6) is 0 Å². The van der Waals surface area contributed by atoms with Crippen molar-refractivity contribution in [2.75, 3.05) is 13.4 Å². The van der Waals surface area contributed by atoms with Gasteiger partial charge in [0, 0.05) is 12.2 Å². The standard InChI is InChI=1S/C17H23F7O5/c1-7-26-8-27-16(17(22,23)24)15(20,21)12(28-10(25)9(2)3)14(18,19)11(29-16)13(4,5)6/h11-12H,2,7-8H2,1,3-6H3. The first-order valence-corrected chi connectivity index (χ1v) is 8.44. The molecule has 0 bridgehead atoms. The maximum absolute atomic E-state index is 15.0. The molecule has 3 atom stereocenters. The van der Waals surface area contributed by atoms with Crippen LogP contribution in [0.3, 0.4) is 0 Å². The highest BCUT2D eigenvalue weighted by atomic mass is 19.4. The predicted molar refractivity (Wildman–Crippen MR) is 85.3 cm³/mol. The summed E-state index contributed by atoms with van der Waals surface area (Å²) in [5.74, 6) is -16.8. The van der Waals surface area contributed by atoms with E-state index in [4.69, 9.17) is 0 Å². The second-order valence-electron chi connectivity index (χ2n) is 7.60. The summed E-state index contributed by atoms with van der Waals surface area (Å²) in [6.45, 7) is 6.96.